The van der Waals surface area contributed by atoms with Crippen molar-refractivity contribution >= 4 is 7.82 Å². The van der Waals surface area contributed by atoms with Crippen molar-refractivity contribution in [2.75, 3.05) is 6.61 Å². The van der Waals surface area contributed by atoms with Gasteiger partial charge in [0.05, 0.1) is 6.61 Å². The Balaban J connectivity index is 0. The van der Waals surface area contributed by atoms with Crippen LogP contribution in [0.3, 0.4) is 0 Å². The summed E-state index contributed by atoms with van der Waals surface area (Å²) in [5, 5.41) is 20.0. The maximum Gasteiger partial charge on any atom is 0.466 e. The summed E-state index contributed by atoms with van der Waals surface area (Å²) in [7, 11) is -4.64. The highest BCUT2D eigenvalue weighted by atomic mass is 31.2. The van der Waals surface area contributed by atoms with Gasteiger partial charge in [0.2, 0.25) is 0 Å². The maximum absolute atomic E-state index is 8.88. The standard InChI is InChI=1S/C20H40O7.H3O4P/c1-4-21-23-25-27-26-24-22-19-17-15-13-11-9-7-5-6-8-10-12-14-16-18-20(2)3;1-5(2,3)4/h4,20H,1,5-19H2,2-3H3;(H3,1,2,3,4). The van der Waals surface area contributed by atoms with Crippen LogP contribution in [0.1, 0.15) is 104 Å². The smallest absolute Gasteiger partial charge is 0.315 e. The van der Waals surface area contributed by atoms with E-state index in [1.54, 1.807) is 0 Å². The summed E-state index contributed by atoms with van der Waals surface area (Å²) in [6.45, 7) is 8.25. The zero-order valence-corrected chi connectivity index (χ0v) is 20.4. The Kier molecular flexibility index (Phi) is 28.0. The predicted octanol–water partition coefficient (Wildman–Crippen LogP) is 5.92. The minimum absolute atomic E-state index is 0.421. The molecule has 3 N–H and O–H groups in total. The van der Waals surface area contributed by atoms with Crippen molar-refractivity contribution in [1.29, 1.82) is 0 Å². The molecule has 0 aromatic carbocycles. The molecule has 0 saturated heterocycles. The molecule has 0 bridgehead atoms. The molecule has 194 valence electrons. The Hall–Kier alpha value is -0.590. The van der Waals surface area contributed by atoms with Gasteiger partial charge < -0.3 is 19.6 Å². The summed E-state index contributed by atoms with van der Waals surface area (Å²) >= 11 is 0. The lowest BCUT2D eigenvalue weighted by Gasteiger charge is -2.05. The van der Waals surface area contributed by atoms with E-state index in [0.29, 0.717) is 6.61 Å². The zero-order chi connectivity index (χ0) is 24.3. The van der Waals surface area contributed by atoms with E-state index < -0.39 is 7.82 Å². The Morgan fingerprint density at radius 3 is 1.50 bits per heavy atom. The SMILES string of the molecule is C=COOOOOOOCCCCCCCCCCCCCCCC(C)C.O=P(O)(O)O. The Bertz CT molecular complexity index is 410. The minimum Gasteiger partial charge on any atom is -0.315 e. The monoisotopic (exact) mass is 490 g/mol. The van der Waals surface area contributed by atoms with Crippen LogP contribution in [0, 0.1) is 5.92 Å². The molecule has 12 heteroatoms. The molecular formula is C20H43O11P. The molecule has 0 fully saturated rings. The first-order valence-corrected chi connectivity index (χ1v) is 12.8. The molecule has 0 saturated carbocycles. The van der Waals surface area contributed by atoms with Crippen LogP contribution in [0.15, 0.2) is 12.8 Å². The molecule has 32 heavy (non-hydrogen) atoms. The van der Waals surface area contributed by atoms with Crippen LogP contribution in [0.4, 0.5) is 0 Å². The van der Waals surface area contributed by atoms with Crippen LogP contribution in [0.5, 0.6) is 0 Å². The molecule has 0 spiro atoms. The fraction of sp³-hybridized carbons (Fsp3) is 0.900. The largest absolute Gasteiger partial charge is 0.466 e. The molecule has 0 radical (unpaired) electrons. The van der Waals surface area contributed by atoms with E-state index in [0.717, 1.165) is 25.0 Å². The summed E-state index contributed by atoms with van der Waals surface area (Å²) in [6.07, 6.45) is 19.4. The van der Waals surface area contributed by atoms with Crippen LogP contribution in [-0.4, -0.2) is 21.3 Å². The van der Waals surface area contributed by atoms with Crippen molar-refractivity contribution in [2.24, 2.45) is 5.92 Å². The van der Waals surface area contributed by atoms with Gasteiger partial charge in [-0.05, 0) is 22.4 Å². The van der Waals surface area contributed by atoms with Crippen LogP contribution in [0.25, 0.3) is 0 Å². The van der Waals surface area contributed by atoms with Gasteiger partial charge in [-0.15, -0.1) is 0 Å². The first-order valence-electron chi connectivity index (χ1n) is 11.3. The highest BCUT2D eigenvalue weighted by Gasteiger charge is 2.00. The average Bonchev–Trinajstić information content (AvgIpc) is 2.70. The van der Waals surface area contributed by atoms with E-state index in [1.165, 1.54) is 77.0 Å². The maximum atomic E-state index is 8.88. The van der Waals surface area contributed by atoms with Gasteiger partial charge in [-0.2, -0.15) is 0 Å². The van der Waals surface area contributed by atoms with Crippen LogP contribution >= 0.6 is 7.82 Å². The van der Waals surface area contributed by atoms with Gasteiger partial charge in [0.1, 0.15) is 6.26 Å². The second-order valence-electron chi connectivity index (χ2n) is 7.72. The molecule has 0 aromatic heterocycles. The molecule has 0 aliphatic rings. The normalized spacial score (nSPS) is 11.3. The lowest BCUT2D eigenvalue weighted by Crippen LogP contribution is -2.01. The number of unbranched alkanes of at least 4 members (excludes halogenated alkanes) is 12. The van der Waals surface area contributed by atoms with Crippen LogP contribution in [0.2, 0.25) is 0 Å². The molecule has 0 heterocycles. The van der Waals surface area contributed by atoms with Gasteiger partial charge in [-0.25, -0.2) is 9.45 Å². The molecule has 0 unspecified atom stereocenters. The fourth-order valence-corrected chi connectivity index (χ4v) is 2.79. The third kappa shape index (κ3) is 43.3. The lowest BCUT2D eigenvalue weighted by atomic mass is 10.0. The highest BCUT2D eigenvalue weighted by molar-refractivity contribution is 7.45. The quantitative estimate of drug-likeness (QED) is 0.0516. The van der Waals surface area contributed by atoms with Gasteiger partial charge in [0, 0.05) is 15.1 Å². The third-order valence-electron chi connectivity index (χ3n) is 4.28. The molecular weight excluding hydrogens is 447 g/mol. The van der Waals surface area contributed by atoms with Crippen molar-refractivity contribution in [2.45, 2.75) is 104 Å². The minimum atomic E-state index is -4.64. The van der Waals surface area contributed by atoms with Gasteiger partial charge in [-0.1, -0.05) is 104 Å². The highest BCUT2D eigenvalue weighted by Crippen LogP contribution is 2.25. The van der Waals surface area contributed by atoms with Crippen molar-refractivity contribution in [1.82, 2.24) is 0 Å². The van der Waals surface area contributed by atoms with E-state index in [9.17, 15) is 0 Å². The number of phosphoric acid groups is 1. The van der Waals surface area contributed by atoms with Crippen molar-refractivity contribution in [3.05, 3.63) is 12.8 Å². The molecule has 0 amide bonds. The molecule has 0 rings (SSSR count). The number of hydrogen-bond donors (Lipinski definition) is 3. The second-order valence-corrected chi connectivity index (χ2v) is 8.74. The fourth-order valence-electron chi connectivity index (χ4n) is 2.79. The average molecular weight is 491 g/mol. The summed E-state index contributed by atoms with van der Waals surface area (Å²) in [4.78, 5) is 30.4. The van der Waals surface area contributed by atoms with E-state index in [-0.39, 0.29) is 0 Å². The van der Waals surface area contributed by atoms with E-state index in [1.807, 2.05) is 0 Å². The lowest BCUT2D eigenvalue weighted by molar-refractivity contribution is -0.786. The van der Waals surface area contributed by atoms with Gasteiger partial charge in [-0.3, -0.25) is 0 Å². The summed E-state index contributed by atoms with van der Waals surface area (Å²) in [6, 6.07) is 0. The third-order valence-corrected chi connectivity index (χ3v) is 4.28. The van der Waals surface area contributed by atoms with Crippen molar-refractivity contribution in [3.63, 3.8) is 0 Å². The molecule has 0 aromatic rings. The molecule has 0 atom stereocenters. The predicted molar refractivity (Wildman–Crippen MR) is 116 cm³/mol. The van der Waals surface area contributed by atoms with Crippen molar-refractivity contribution in [3.8, 4) is 0 Å². The van der Waals surface area contributed by atoms with Crippen LogP contribution in [-0.2, 0) is 39.5 Å². The van der Waals surface area contributed by atoms with Crippen LogP contribution < -0.4 is 0 Å². The summed E-state index contributed by atoms with van der Waals surface area (Å²) in [5.74, 6) is 0.860. The topological polar surface area (TPSA) is 142 Å². The Morgan fingerprint density at radius 1 is 0.688 bits per heavy atom. The summed E-state index contributed by atoms with van der Waals surface area (Å²) in [5.41, 5.74) is 0. The first-order chi connectivity index (χ1) is 15.3. The molecule has 0 aliphatic carbocycles. The van der Waals surface area contributed by atoms with Gasteiger partial charge in [0.25, 0.3) is 0 Å². The van der Waals surface area contributed by atoms with Gasteiger partial charge in [0.15, 0.2) is 0 Å². The molecule has 0 aliphatic heterocycles. The number of rotatable bonds is 23. The zero-order valence-electron chi connectivity index (χ0n) is 19.5. The van der Waals surface area contributed by atoms with E-state index in [4.69, 9.17) is 24.1 Å². The van der Waals surface area contributed by atoms with E-state index >= 15 is 0 Å². The Labute approximate surface area is 191 Å². The van der Waals surface area contributed by atoms with Gasteiger partial charge >= 0.3 is 7.82 Å². The van der Waals surface area contributed by atoms with E-state index in [2.05, 4.69) is 50.5 Å². The Morgan fingerprint density at radius 2 is 1.06 bits per heavy atom. The number of hydrogen-bond acceptors (Lipinski definition) is 8. The summed E-state index contributed by atoms with van der Waals surface area (Å²) < 4.78 is 8.88. The first kappa shape index (κ1) is 33.6. The molecule has 11 nitrogen and oxygen atoms in total. The second kappa shape index (κ2) is 26.7. The van der Waals surface area contributed by atoms with Crippen molar-refractivity contribution < 1.29 is 54.2 Å².